The molecule has 0 amide bonds. The number of aromatic nitrogens is 1. The van der Waals surface area contributed by atoms with Gasteiger partial charge in [0.25, 0.3) is 8.32 Å². The van der Waals surface area contributed by atoms with Crippen LogP contribution < -0.4 is 10.2 Å². The van der Waals surface area contributed by atoms with Crippen LogP contribution in [-0.4, -0.2) is 12.9 Å². The Hall–Kier alpha value is -1.42. The minimum Gasteiger partial charge on any atom is -0.543 e. The van der Waals surface area contributed by atoms with Crippen molar-refractivity contribution in [3.8, 4) is 5.75 Å². The van der Waals surface area contributed by atoms with Crippen molar-refractivity contribution in [1.82, 2.24) is 4.57 Å². The molecule has 3 nitrogen and oxygen atoms in total. The van der Waals surface area contributed by atoms with Gasteiger partial charge in [-0.05, 0) is 36.3 Å². The number of anilines is 1. The molecule has 0 bridgehead atoms. The molecule has 2 aromatic rings. The highest BCUT2D eigenvalue weighted by molar-refractivity contribution is 6.74. The van der Waals surface area contributed by atoms with E-state index in [2.05, 4.69) is 39.9 Å². The van der Waals surface area contributed by atoms with Crippen LogP contribution in [-0.2, 0) is 7.05 Å². The molecule has 0 aliphatic carbocycles. The second-order valence-corrected chi connectivity index (χ2v) is 11.4. The SMILES string of the molecule is Cn1c(N)cc2c(O[Si](C)(C)C(C)(C)C)cccc21. The Morgan fingerprint density at radius 2 is 1.84 bits per heavy atom. The maximum Gasteiger partial charge on any atom is 0.250 e. The highest BCUT2D eigenvalue weighted by Crippen LogP contribution is 2.39. The lowest BCUT2D eigenvalue weighted by Crippen LogP contribution is -2.43. The maximum atomic E-state index is 6.42. The van der Waals surface area contributed by atoms with Gasteiger partial charge in [0.05, 0.1) is 5.52 Å². The third kappa shape index (κ3) is 2.37. The summed E-state index contributed by atoms with van der Waals surface area (Å²) in [7, 11) is 0.159. The molecule has 0 saturated carbocycles. The quantitative estimate of drug-likeness (QED) is 0.837. The first-order chi connectivity index (χ1) is 8.63. The third-order valence-corrected chi connectivity index (χ3v) is 8.60. The van der Waals surface area contributed by atoms with Crippen molar-refractivity contribution in [3.63, 3.8) is 0 Å². The Morgan fingerprint density at radius 3 is 2.42 bits per heavy atom. The topological polar surface area (TPSA) is 40.2 Å². The van der Waals surface area contributed by atoms with Gasteiger partial charge in [-0.3, -0.25) is 0 Å². The van der Waals surface area contributed by atoms with E-state index in [0.29, 0.717) is 0 Å². The van der Waals surface area contributed by atoms with Crippen LogP contribution in [0.1, 0.15) is 20.8 Å². The van der Waals surface area contributed by atoms with Gasteiger partial charge >= 0.3 is 0 Å². The van der Waals surface area contributed by atoms with Gasteiger partial charge in [-0.25, -0.2) is 0 Å². The number of fused-ring (bicyclic) bond motifs is 1. The molecule has 0 spiro atoms. The van der Waals surface area contributed by atoms with Crippen LogP contribution in [0.4, 0.5) is 5.82 Å². The number of hydrogen-bond acceptors (Lipinski definition) is 2. The monoisotopic (exact) mass is 276 g/mol. The van der Waals surface area contributed by atoms with Gasteiger partial charge in [0.15, 0.2) is 0 Å². The van der Waals surface area contributed by atoms with Crippen LogP contribution in [0.3, 0.4) is 0 Å². The van der Waals surface area contributed by atoms with Crippen molar-refractivity contribution in [2.75, 3.05) is 5.73 Å². The number of nitrogens with zero attached hydrogens (tertiary/aromatic N) is 1. The predicted octanol–water partition coefficient (Wildman–Crippen LogP) is 4.14. The number of rotatable bonds is 2. The summed E-state index contributed by atoms with van der Waals surface area (Å²) in [6, 6.07) is 8.15. The molecule has 0 unspecified atom stereocenters. The van der Waals surface area contributed by atoms with Gasteiger partial charge in [-0.2, -0.15) is 0 Å². The molecule has 1 aromatic heterocycles. The highest BCUT2D eigenvalue weighted by Gasteiger charge is 2.39. The number of nitrogen functional groups attached to an aromatic ring is 1. The summed E-state index contributed by atoms with van der Waals surface area (Å²) in [5, 5.41) is 1.29. The van der Waals surface area contributed by atoms with Gasteiger partial charge in [0.1, 0.15) is 11.6 Å². The van der Waals surface area contributed by atoms with Crippen molar-refractivity contribution >= 4 is 25.0 Å². The van der Waals surface area contributed by atoms with Gasteiger partial charge in [0.2, 0.25) is 0 Å². The fraction of sp³-hybridized carbons (Fsp3) is 0.467. The van der Waals surface area contributed by atoms with E-state index in [1.54, 1.807) is 0 Å². The summed E-state index contributed by atoms with van der Waals surface area (Å²) in [5.74, 6) is 1.72. The van der Waals surface area contributed by atoms with Crippen molar-refractivity contribution in [3.05, 3.63) is 24.3 Å². The average Bonchev–Trinajstić information content (AvgIpc) is 2.55. The normalized spacial score (nSPS) is 12.9. The van der Waals surface area contributed by atoms with E-state index >= 15 is 0 Å². The van der Waals surface area contributed by atoms with E-state index in [4.69, 9.17) is 10.2 Å². The fourth-order valence-electron chi connectivity index (χ4n) is 1.87. The van der Waals surface area contributed by atoms with E-state index in [1.807, 2.05) is 29.8 Å². The molecule has 0 fully saturated rings. The number of nitrogens with two attached hydrogens (primary N) is 1. The summed E-state index contributed by atoms with van der Waals surface area (Å²) in [4.78, 5) is 0. The Morgan fingerprint density at radius 1 is 1.21 bits per heavy atom. The highest BCUT2D eigenvalue weighted by atomic mass is 28.4. The smallest absolute Gasteiger partial charge is 0.250 e. The predicted molar refractivity (Wildman–Crippen MR) is 85.2 cm³/mol. The Bertz CT molecular complexity index is 608. The van der Waals surface area contributed by atoms with E-state index in [9.17, 15) is 0 Å². The van der Waals surface area contributed by atoms with Gasteiger partial charge in [0, 0.05) is 12.4 Å². The molecule has 2 N–H and O–H groups in total. The second-order valence-electron chi connectivity index (χ2n) is 6.68. The first kappa shape index (κ1) is 14.0. The van der Waals surface area contributed by atoms with Gasteiger partial charge in [-0.1, -0.05) is 26.8 Å². The molecule has 104 valence electrons. The molecule has 0 aliphatic heterocycles. The van der Waals surface area contributed by atoms with E-state index < -0.39 is 8.32 Å². The lowest BCUT2D eigenvalue weighted by molar-refractivity contribution is 0.496. The van der Waals surface area contributed by atoms with Crippen LogP contribution in [0.2, 0.25) is 18.1 Å². The van der Waals surface area contributed by atoms with Crippen LogP contribution >= 0.6 is 0 Å². The summed E-state index contributed by atoms with van der Waals surface area (Å²) in [5.41, 5.74) is 7.11. The zero-order valence-electron chi connectivity index (χ0n) is 12.7. The zero-order chi connectivity index (χ0) is 14.4. The fourth-order valence-corrected chi connectivity index (χ4v) is 2.90. The van der Waals surface area contributed by atoms with E-state index in [-0.39, 0.29) is 5.04 Å². The Balaban J connectivity index is 2.50. The van der Waals surface area contributed by atoms with Crippen molar-refractivity contribution in [2.45, 2.75) is 38.9 Å². The molecule has 0 saturated heterocycles. The summed E-state index contributed by atoms with van der Waals surface area (Å²) < 4.78 is 8.41. The van der Waals surface area contributed by atoms with E-state index in [1.165, 1.54) is 0 Å². The lowest BCUT2D eigenvalue weighted by Gasteiger charge is -2.36. The molecule has 19 heavy (non-hydrogen) atoms. The molecule has 0 aliphatic rings. The van der Waals surface area contributed by atoms with Crippen LogP contribution in [0.15, 0.2) is 24.3 Å². The van der Waals surface area contributed by atoms with Crippen LogP contribution in [0, 0.1) is 0 Å². The third-order valence-electron chi connectivity index (χ3n) is 4.26. The Kier molecular flexibility index (Phi) is 3.17. The standard InChI is InChI=1S/C15H24N2OSi/c1-15(2,3)19(5,6)18-13-9-7-8-12-11(13)10-14(16)17(12)4/h7-10H,16H2,1-6H3. The molecule has 1 aromatic carbocycles. The first-order valence-electron chi connectivity index (χ1n) is 6.66. The van der Waals surface area contributed by atoms with Gasteiger partial charge in [-0.15, -0.1) is 0 Å². The number of aryl methyl sites for hydroxylation is 1. The minimum absolute atomic E-state index is 0.190. The average molecular weight is 276 g/mol. The Labute approximate surface area is 116 Å². The van der Waals surface area contributed by atoms with Crippen molar-refractivity contribution in [1.29, 1.82) is 0 Å². The summed E-state index contributed by atoms with van der Waals surface area (Å²) in [6.07, 6.45) is 0. The largest absolute Gasteiger partial charge is 0.543 e. The van der Waals surface area contributed by atoms with Gasteiger partial charge < -0.3 is 14.7 Å². The molecule has 0 atom stereocenters. The number of hydrogen-bond donors (Lipinski definition) is 1. The molecule has 4 heteroatoms. The van der Waals surface area contributed by atoms with Crippen molar-refractivity contribution in [2.24, 2.45) is 7.05 Å². The van der Waals surface area contributed by atoms with Crippen molar-refractivity contribution < 1.29 is 4.43 Å². The van der Waals surface area contributed by atoms with Crippen LogP contribution in [0.25, 0.3) is 10.9 Å². The van der Waals surface area contributed by atoms with Crippen LogP contribution in [0.5, 0.6) is 5.75 Å². The summed E-state index contributed by atoms with van der Waals surface area (Å²) >= 11 is 0. The number of benzene rings is 1. The molecule has 2 rings (SSSR count). The first-order valence-corrected chi connectivity index (χ1v) is 9.57. The molecular weight excluding hydrogens is 252 g/mol. The minimum atomic E-state index is -1.82. The summed E-state index contributed by atoms with van der Waals surface area (Å²) in [6.45, 7) is 11.3. The van der Waals surface area contributed by atoms with E-state index in [0.717, 1.165) is 22.5 Å². The zero-order valence-corrected chi connectivity index (χ0v) is 13.7. The maximum absolute atomic E-state index is 6.42. The lowest BCUT2D eigenvalue weighted by atomic mass is 10.2. The molecular formula is C15H24N2OSi. The second kappa shape index (κ2) is 4.30. The molecule has 1 heterocycles. The molecule has 0 radical (unpaired) electrons.